The minimum absolute atomic E-state index is 0.260. The number of ether oxygens (including phenoxy) is 2. The standard InChI is InChI=1S/C19H24N2O5S/c1-15(19(22)20-13-14-25-17-7-5-4-6-8-17)26-18-11-9-16(10-12-18)21(2)27(3,23)24/h4-12,15H,13-14H2,1-3H3,(H,20,22). The second kappa shape index (κ2) is 9.27. The number of amides is 1. The zero-order chi connectivity index (χ0) is 19.9. The Balaban J connectivity index is 1.78. The van der Waals surface area contributed by atoms with Gasteiger partial charge in [-0.1, -0.05) is 18.2 Å². The molecule has 0 aliphatic rings. The van der Waals surface area contributed by atoms with Crippen molar-refractivity contribution in [2.24, 2.45) is 0 Å². The molecule has 0 spiro atoms. The predicted molar refractivity (Wildman–Crippen MR) is 105 cm³/mol. The number of hydrogen-bond donors (Lipinski definition) is 1. The second-order valence-corrected chi connectivity index (χ2v) is 7.95. The lowest BCUT2D eigenvalue weighted by atomic mass is 10.3. The summed E-state index contributed by atoms with van der Waals surface area (Å²) in [5.74, 6) is 0.961. The molecule has 7 nitrogen and oxygen atoms in total. The molecule has 1 unspecified atom stereocenters. The predicted octanol–water partition coefficient (Wildman–Crippen LogP) is 2.04. The van der Waals surface area contributed by atoms with Crippen molar-refractivity contribution in [2.75, 3.05) is 30.8 Å². The van der Waals surface area contributed by atoms with Crippen LogP contribution in [-0.4, -0.2) is 46.9 Å². The number of anilines is 1. The van der Waals surface area contributed by atoms with Gasteiger partial charge in [0, 0.05) is 7.05 Å². The molecule has 0 saturated heterocycles. The molecule has 2 rings (SSSR count). The van der Waals surface area contributed by atoms with Gasteiger partial charge >= 0.3 is 0 Å². The zero-order valence-corrected chi connectivity index (χ0v) is 16.4. The quantitative estimate of drug-likeness (QED) is 0.660. The third-order valence-electron chi connectivity index (χ3n) is 3.79. The molecule has 2 aromatic rings. The van der Waals surface area contributed by atoms with Gasteiger partial charge in [0.25, 0.3) is 5.91 Å². The molecular weight excluding hydrogens is 368 g/mol. The van der Waals surface area contributed by atoms with Crippen LogP contribution in [0.4, 0.5) is 5.69 Å². The average Bonchev–Trinajstić information content (AvgIpc) is 2.65. The molecule has 0 heterocycles. The molecule has 0 aliphatic carbocycles. The number of rotatable bonds is 9. The van der Waals surface area contributed by atoms with Crippen molar-refractivity contribution in [3.8, 4) is 11.5 Å². The summed E-state index contributed by atoms with van der Waals surface area (Å²) in [6.45, 7) is 2.36. The highest BCUT2D eigenvalue weighted by Crippen LogP contribution is 2.21. The Kier molecular flexibility index (Phi) is 7.06. The molecule has 0 radical (unpaired) electrons. The summed E-state index contributed by atoms with van der Waals surface area (Å²) in [6, 6.07) is 15.8. The third kappa shape index (κ3) is 6.49. The van der Waals surface area contributed by atoms with E-state index in [1.165, 1.54) is 11.4 Å². The summed E-state index contributed by atoms with van der Waals surface area (Å²) in [5.41, 5.74) is 0.514. The lowest BCUT2D eigenvalue weighted by Gasteiger charge is -2.18. The van der Waals surface area contributed by atoms with Crippen LogP contribution in [0.5, 0.6) is 11.5 Å². The smallest absolute Gasteiger partial charge is 0.260 e. The molecule has 1 atom stereocenters. The topological polar surface area (TPSA) is 84.9 Å². The molecule has 1 N–H and O–H groups in total. The number of carbonyl (C=O) groups is 1. The van der Waals surface area contributed by atoms with Gasteiger partial charge in [0.1, 0.15) is 18.1 Å². The molecule has 0 aliphatic heterocycles. The largest absolute Gasteiger partial charge is 0.492 e. The highest BCUT2D eigenvalue weighted by atomic mass is 32.2. The Hall–Kier alpha value is -2.74. The zero-order valence-electron chi connectivity index (χ0n) is 15.6. The summed E-state index contributed by atoms with van der Waals surface area (Å²) >= 11 is 0. The van der Waals surface area contributed by atoms with Gasteiger partial charge in [-0.3, -0.25) is 9.10 Å². The summed E-state index contributed by atoms with van der Waals surface area (Å²) < 4.78 is 35.3. The third-order valence-corrected chi connectivity index (χ3v) is 5.00. The van der Waals surface area contributed by atoms with Gasteiger partial charge in [0.2, 0.25) is 10.0 Å². The molecule has 27 heavy (non-hydrogen) atoms. The van der Waals surface area contributed by atoms with Gasteiger partial charge in [0.15, 0.2) is 6.10 Å². The summed E-state index contributed by atoms with van der Waals surface area (Å²) in [7, 11) is -1.85. The van der Waals surface area contributed by atoms with Crippen LogP contribution in [0.2, 0.25) is 0 Å². The molecule has 1 amide bonds. The van der Waals surface area contributed by atoms with Crippen molar-refractivity contribution in [1.82, 2.24) is 5.32 Å². The van der Waals surface area contributed by atoms with E-state index in [4.69, 9.17) is 9.47 Å². The second-order valence-electron chi connectivity index (χ2n) is 5.94. The summed E-state index contributed by atoms with van der Waals surface area (Å²) in [6.07, 6.45) is 0.436. The fourth-order valence-electron chi connectivity index (χ4n) is 2.19. The first-order valence-electron chi connectivity index (χ1n) is 8.43. The molecule has 0 aromatic heterocycles. The Morgan fingerprint density at radius 3 is 2.30 bits per heavy atom. The van der Waals surface area contributed by atoms with Crippen LogP contribution < -0.4 is 19.1 Å². The number of hydrogen-bond acceptors (Lipinski definition) is 5. The van der Waals surface area contributed by atoms with E-state index in [0.29, 0.717) is 24.6 Å². The van der Waals surface area contributed by atoms with Crippen LogP contribution >= 0.6 is 0 Å². The van der Waals surface area contributed by atoms with E-state index >= 15 is 0 Å². The average molecular weight is 392 g/mol. The first-order valence-corrected chi connectivity index (χ1v) is 10.3. The van der Waals surface area contributed by atoms with E-state index in [2.05, 4.69) is 5.32 Å². The van der Waals surface area contributed by atoms with Crippen LogP contribution in [0.25, 0.3) is 0 Å². The van der Waals surface area contributed by atoms with Crippen LogP contribution in [0.15, 0.2) is 54.6 Å². The molecule has 0 saturated carbocycles. The Labute approximate surface area is 160 Å². The minimum Gasteiger partial charge on any atom is -0.492 e. The van der Waals surface area contributed by atoms with Crippen molar-refractivity contribution < 1.29 is 22.7 Å². The van der Waals surface area contributed by atoms with Gasteiger partial charge in [0.05, 0.1) is 18.5 Å². The molecule has 0 fully saturated rings. The number of sulfonamides is 1. The van der Waals surface area contributed by atoms with E-state index in [1.54, 1.807) is 31.2 Å². The van der Waals surface area contributed by atoms with E-state index < -0.39 is 16.1 Å². The highest BCUT2D eigenvalue weighted by molar-refractivity contribution is 7.92. The minimum atomic E-state index is -3.32. The van der Waals surface area contributed by atoms with Gasteiger partial charge in [-0.05, 0) is 43.3 Å². The number of benzene rings is 2. The maximum Gasteiger partial charge on any atom is 0.260 e. The summed E-state index contributed by atoms with van der Waals surface area (Å²) in [4.78, 5) is 12.1. The monoisotopic (exact) mass is 392 g/mol. The van der Waals surface area contributed by atoms with E-state index in [0.717, 1.165) is 12.0 Å². The van der Waals surface area contributed by atoms with Crippen molar-refractivity contribution in [3.63, 3.8) is 0 Å². The fraction of sp³-hybridized carbons (Fsp3) is 0.316. The van der Waals surface area contributed by atoms with Gasteiger partial charge in [-0.25, -0.2) is 8.42 Å². The highest BCUT2D eigenvalue weighted by Gasteiger charge is 2.15. The molecule has 146 valence electrons. The maximum absolute atomic E-state index is 12.1. The van der Waals surface area contributed by atoms with Crippen LogP contribution in [-0.2, 0) is 14.8 Å². The SMILES string of the molecule is CC(Oc1ccc(N(C)S(C)(=O)=O)cc1)C(=O)NCCOc1ccccc1. The number of para-hydroxylation sites is 1. The van der Waals surface area contributed by atoms with Crippen LogP contribution in [0.3, 0.4) is 0 Å². The van der Waals surface area contributed by atoms with Crippen LogP contribution in [0.1, 0.15) is 6.92 Å². The van der Waals surface area contributed by atoms with E-state index in [-0.39, 0.29) is 5.91 Å². The van der Waals surface area contributed by atoms with Gasteiger partial charge in [-0.2, -0.15) is 0 Å². The Morgan fingerprint density at radius 2 is 1.70 bits per heavy atom. The number of nitrogens with one attached hydrogen (secondary N) is 1. The normalized spacial score (nSPS) is 12.1. The fourth-order valence-corrected chi connectivity index (χ4v) is 2.69. The number of carbonyl (C=O) groups excluding carboxylic acids is 1. The first-order chi connectivity index (χ1) is 12.8. The van der Waals surface area contributed by atoms with Crippen molar-refractivity contribution in [3.05, 3.63) is 54.6 Å². The van der Waals surface area contributed by atoms with Gasteiger partial charge in [-0.15, -0.1) is 0 Å². The van der Waals surface area contributed by atoms with E-state index in [9.17, 15) is 13.2 Å². The number of nitrogens with zero attached hydrogens (tertiary/aromatic N) is 1. The Morgan fingerprint density at radius 1 is 1.07 bits per heavy atom. The molecule has 8 heteroatoms. The maximum atomic E-state index is 12.1. The first kappa shape index (κ1) is 20.6. The van der Waals surface area contributed by atoms with Crippen molar-refractivity contribution >= 4 is 21.6 Å². The Bertz CT molecular complexity index is 838. The molecule has 2 aromatic carbocycles. The van der Waals surface area contributed by atoms with E-state index in [1.807, 2.05) is 30.3 Å². The van der Waals surface area contributed by atoms with Crippen molar-refractivity contribution in [1.29, 1.82) is 0 Å². The van der Waals surface area contributed by atoms with Crippen LogP contribution in [0, 0.1) is 0 Å². The molecule has 0 bridgehead atoms. The lowest BCUT2D eigenvalue weighted by Crippen LogP contribution is -2.38. The lowest BCUT2D eigenvalue weighted by molar-refractivity contribution is -0.127. The van der Waals surface area contributed by atoms with Crippen molar-refractivity contribution in [2.45, 2.75) is 13.0 Å². The van der Waals surface area contributed by atoms with Gasteiger partial charge < -0.3 is 14.8 Å². The summed E-state index contributed by atoms with van der Waals surface area (Å²) in [5, 5.41) is 2.75. The molecular formula is C19H24N2O5S.